The summed E-state index contributed by atoms with van der Waals surface area (Å²) in [6, 6.07) is 3.27. The Morgan fingerprint density at radius 1 is 1.24 bits per heavy atom. The van der Waals surface area contributed by atoms with Crippen LogP contribution in [-0.2, 0) is 0 Å². The first-order valence-electron chi connectivity index (χ1n) is 7.91. The van der Waals surface area contributed by atoms with Crippen molar-refractivity contribution < 1.29 is 8.78 Å². The van der Waals surface area contributed by atoms with Crippen LogP contribution in [0.5, 0.6) is 0 Å². The van der Waals surface area contributed by atoms with Gasteiger partial charge in [0.25, 0.3) is 0 Å². The highest BCUT2D eigenvalue weighted by Gasteiger charge is 2.33. The van der Waals surface area contributed by atoms with Crippen molar-refractivity contribution in [2.24, 2.45) is 5.92 Å². The lowest BCUT2D eigenvalue weighted by Crippen LogP contribution is -2.53. The van der Waals surface area contributed by atoms with Crippen LogP contribution in [0.4, 0.5) is 14.5 Å². The van der Waals surface area contributed by atoms with E-state index in [1.807, 2.05) is 4.90 Å². The molecule has 2 rings (SSSR count). The highest BCUT2D eigenvalue weighted by molar-refractivity contribution is 5.51. The summed E-state index contributed by atoms with van der Waals surface area (Å²) in [6.07, 6.45) is 2.07. The summed E-state index contributed by atoms with van der Waals surface area (Å²) in [5, 5.41) is 3.56. The second kappa shape index (κ2) is 6.73. The zero-order valence-electron chi connectivity index (χ0n) is 13.4. The Bertz CT molecular complexity index is 490. The van der Waals surface area contributed by atoms with Crippen molar-refractivity contribution in [3.8, 4) is 0 Å². The standard InChI is InChI=1S/C17H26F2N2/c1-5-7-20-16-6-8-21(13(4)12(16)3)17-10-14(18)11(2)9-15(17)19/h9-10,12-13,16,20H,5-8H2,1-4H3. The van der Waals surface area contributed by atoms with E-state index in [1.165, 1.54) is 12.1 Å². The van der Waals surface area contributed by atoms with Crippen LogP contribution >= 0.6 is 0 Å². The maximum absolute atomic E-state index is 14.2. The average Bonchev–Trinajstić information content (AvgIpc) is 2.45. The van der Waals surface area contributed by atoms with Crippen molar-refractivity contribution >= 4 is 5.69 Å². The Morgan fingerprint density at radius 2 is 1.95 bits per heavy atom. The van der Waals surface area contributed by atoms with Gasteiger partial charge >= 0.3 is 0 Å². The summed E-state index contributed by atoms with van der Waals surface area (Å²) < 4.78 is 28.0. The minimum Gasteiger partial charge on any atom is -0.366 e. The first-order valence-corrected chi connectivity index (χ1v) is 7.91. The molecule has 3 unspecified atom stereocenters. The number of hydrogen-bond donors (Lipinski definition) is 1. The van der Waals surface area contributed by atoms with Crippen molar-refractivity contribution in [3.63, 3.8) is 0 Å². The van der Waals surface area contributed by atoms with Crippen LogP contribution in [0, 0.1) is 24.5 Å². The van der Waals surface area contributed by atoms with Crippen LogP contribution in [0.15, 0.2) is 12.1 Å². The number of anilines is 1. The molecular weight excluding hydrogens is 270 g/mol. The van der Waals surface area contributed by atoms with Gasteiger partial charge in [-0.2, -0.15) is 0 Å². The van der Waals surface area contributed by atoms with Gasteiger partial charge in [0, 0.05) is 24.7 Å². The van der Waals surface area contributed by atoms with E-state index in [-0.39, 0.29) is 17.7 Å². The molecule has 1 fully saturated rings. The monoisotopic (exact) mass is 296 g/mol. The molecular formula is C17H26F2N2. The topological polar surface area (TPSA) is 15.3 Å². The summed E-state index contributed by atoms with van der Waals surface area (Å²) >= 11 is 0. The van der Waals surface area contributed by atoms with Crippen LogP contribution in [-0.4, -0.2) is 25.2 Å². The number of aryl methyl sites for hydroxylation is 1. The molecule has 4 heteroatoms. The molecule has 21 heavy (non-hydrogen) atoms. The van der Waals surface area contributed by atoms with E-state index in [0.29, 0.717) is 23.2 Å². The maximum atomic E-state index is 14.2. The molecule has 1 heterocycles. The third-order valence-electron chi connectivity index (χ3n) is 4.76. The molecule has 0 amide bonds. The molecule has 0 spiro atoms. The fourth-order valence-corrected chi connectivity index (χ4v) is 3.18. The van der Waals surface area contributed by atoms with Crippen LogP contribution in [0.3, 0.4) is 0 Å². The number of benzene rings is 1. The number of nitrogens with one attached hydrogen (secondary N) is 1. The summed E-state index contributed by atoms with van der Waals surface area (Å²) in [4.78, 5) is 2.01. The number of rotatable bonds is 4. The molecule has 1 aromatic carbocycles. The third kappa shape index (κ3) is 3.37. The van der Waals surface area contributed by atoms with E-state index in [4.69, 9.17) is 0 Å². The van der Waals surface area contributed by atoms with Crippen molar-refractivity contribution in [1.82, 2.24) is 5.32 Å². The van der Waals surface area contributed by atoms with E-state index in [2.05, 4.69) is 26.1 Å². The van der Waals surface area contributed by atoms with Crippen molar-refractivity contribution in [1.29, 1.82) is 0 Å². The second-order valence-corrected chi connectivity index (χ2v) is 6.20. The van der Waals surface area contributed by atoms with Gasteiger partial charge in [0.15, 0.2) is 0 Å². The van der Waals surface area contributed by atoms with Crippen LogP contribution in [0.2, 0.25) is 0 Å². The zero-order valence-corrected chi connectivity index (χ0v) is 13.4. The number of piperidine rings is 1. The minimum absolute atomic E-state index is 0.185. The molecule has 3 atom stereocenters. The lowest BCUT2D eigenvalue weighted by Gasteiger charge is -2.44. The maximum Gasteiger partial charge on any atom is 0.146 e. The molecule has 0 aliphatic carbocycles. The molecule has 1 aliphatic heterocycles. The lowest BCUT2D eigenvalue weighted by molar-refractivity contribution is 0.269. The number of hydrogen-bond acceptors (Lipinski definition) is 2. The summed E-state index contributed by atoms with van der Waals surface area (Å²) in [6.45, 7) is 9.80. The Hall–Kier alpha value is -1.16. The van der Waals surface area contributed by atoms with Gasteiger partial charge in [0.2, 0.25) is 0 Å². The fraction of sp³-hybridized carbons (Fsp3) is 0.647. The van der Waals surface area contributed by atoms with Crippen LogP contribution in [0.1, 0.15) is 39.2 Å². The van der Waals surface area contributed by atoms with Gasteiger partial charge in [0.1, 0.15) is 11.6 Å². The van der Waals surface area contributed by atoms with Crippen molar-refractivity contribution in [2.75, 3.05) is 18.0 Å². The van der Waals surface area contributed by atoms with E-state index in [0.717, 1.165) is 25.9 Å². The Balaban J connectivity index is 2.17. The molecule has 0 bridgehead atoms. The average molecular weight is 296 g/mol. The van der Waals surface area contributed by atoms with E-state index in [9.17, 15) is 8.78 Å². The van der Waals surface area contributed by atoms with Crippen molar-refractivity contribution in [3.05, 3.63) is 29.3 Å². The highest BCUT2D eigenvalue weighted by Crippen LogP contribution is 2.31. The lowest BCUT2D eigenvalue weighted by atomic mass is 9.86. The summed E-state index contributed by atoms with van der Waals surface area (Å²) in [5.41, 5.74) is 0.753. The molecule has 118 valence electrons. The highest BCUT2D eigenvalue weighted by atomic mass is 19.1. The molecule has 0 aromatic heterocycles. The van der Waals surface area contributed by atoms with E-state index >= 15 is 0 Å². The van der Waals surface area contributed by atoms with Gasteiger partial charge < -0.3 is 10.2 Å². The SMILES string of the molecule is CCCNC1CCN(c2cc(F)c(C)cc2F)C(C)C1C. The molecule has 1 aromatic rings. The second-order valence-electron chi connectivity index (χ2n) is 6.20. The minimum atomic E-state index is -0.336. The van der Waals surface area contributed by atoms with Crippen LogP contribution in [0.25, 0.3) is 0 Å². The quantitative estimate of drug-likeness (QED) is 0.907. The molecule has 0 saturated carbocycles. The summed E-state index contributed by atoms with van der Waals surface area (Å²) in [5.74, 6) is -0.264. The van der Waals surface area contributed by atoms with Gasteiger partial charge in [-0.25, -0.2) is 8.78 Å². The van der Waals surface area contributed by atoms with E-state index in [1.54, 1.807) is 6.92 Å². The normalized spacial score (nSPS) is 26.2. The Labute approximate surface area is 126 Å². The molecule has 1 saturated heterocycles. The summed E-state index contributed by atoms with van der Waals surface area (Å²) in [7, 11) is 0. The number of halogens is 2. The first kappa shape index (κ1) is 16.2. The predicted octanol–water partition coefficient (Wildman–Crippen LogP) is 3.88. The molecule has 1 N–H and O–H groups in total. The molecule has 2 nitrogen and oxygen atoms in total. The van der Waals surface area contributed by atoms with E-state index < -0.39 is 0 Å². The zero-order chi connectivity index (χ0) is 15.6. The van der Waals surface area contributed by atoms with Gasteiger partial charge in [-0.05, 0) is 50.8 Å². The molecule has 1 aliphatic rings. The first-order chi connectivity index (χ1) is 9.95. The molecule has 0 radical (unpaired) electrons. The van der Waals surface area contributed by atoms with Gasteiger partial charge in [-0.15, -0.1) is 0 Å². The van der Waals surface area contributed by atoms with Crippen molar-refractivity contribution in [2.45, 2.75) is 52.6 Å². The largest absolute Gasteiger partial charge is 0.366 e. The van der Waals surface area contributed by atoms with Gasteiger partial charge in [0.05, 0.1) is 5.69 Å². The Kier molecular flexibility index (Phi) is 5.20. The Morgan fingerprint density at radius 3 is 2.62 bits per heavy atom. The van der Waals surface area contributed by atoms with Crippen LogP contribution < -0.4 is 10.2 Å². The van der Waals surface area contributed by atoms with Gasteiger partial charge in [-0.1, -0.05) is 13.8 Å². The third-order valence-corrected chi connectivity index (χ3v) is 4.76. The predicted molar refractivity (Wildman–Crippen MR) is 83.8 cm³/mol. The fourth-order valence-electron chi connectivity index (χ4n) is 3.18. The van der Waals surface area contributed by atoms with Gasteiger partial charge in [-0.3, -0.25) is 0 Å². The smallest absolute Gasteiger partial charge is 0.146 e. The number of nitrogens with zero attached hydrogens (tertiary/aromatic N) is 1.